The zero-order chi connectivity index (χ0) is 19.9. The number of hydrogen-bond donors (Lipinski definition) is 2. The molecule has 1 heterocycles. The number of carbonyl (C=O) groups is 2. The fourth-order valence-electron chi connectivity index (χ4n) is 3.27. The molecular weight excluding hydrogens is 356 g/mol. The van der Waals surface area contributed by atoms with E-state index in [0.717, 1.165) is 19.5 Å². The van der Waals surface area contributed by atoms with Gasteiger partial charge in [0.1, 0.15) is 0 Å². The van der Waals surface area contributed by atoms with Gasteiger partial charge in [-0.15, -0.1) is 0 Å². The highest BCUT2D eigenvalue weighted by Crippen LogP contribution is 2.30. The molecule has 148 valence electrons. The van der Waals surface area contributed by atoms with Gasteiger partial charge < -0.3 is 20.1 Å². The number of ether oxygens (including phenoxy) is 2. The maximum Gasteiger partial charge on any atom is 0.252 e. The van der Waals surface area contributed by atoms with Crippen LogP contribution >= 0.6 is 0 Å². The summed E-state index contributed by atoms with van der Waals surface area (Å²) in [7, 11) is 0. The van der Waals surface area contributed by atoms with Gasteiger partial charge in [0.2, 0.25) is 0 Å². The maximum atomic E-state index is 13.1. The Labute approximate surface area is 165 Å². The van der Waals surface area contributed by atoms with Gasteiger partial charge >= 0.3 is 0 Å². The predicted molar refractivity (Wildman–Crippen MR) is 107 cm³/mol. The SMILES string of the molecule is CCOc1ccc(C(=O)c2ccccc2C(=O)NC2CCNC2)cc1OCC. The van der Waals surface area contributed by atoms with Gasteiger partial charge in [-0.2, -0.15) is 0 Å². The third-order valence-corrected chi connectivity index (χ3v) is 4.62. The van der Waals surface area contributed by atoms with Gasteiger partial charge in [-0.1, -0.05) is 18.2 Å². The standard InChI is InChI=1S/C22H26N2O4/c1-3-27-19-10-9-15(13-20(19)28-4-2)21(25)17-7-5-6-8-18(17)22(26)24-16-11-12-23-14-16/h5-10,13,16,23H,3-4,11-12,14H2,1-2H3,(H,24,26). The number of nitrogens with one attached hydrogen (secondary N) is 2. The topological polar surface area (TPSA) is 76.7 Å². The lowest BCUT2D eigenvalue weighted by molar-refractivity contribution is 0.0929. The van der Waals surface area contributed by atoms with Crippen molar-refractivity contribution in [1.82, 2.24) is 10.6 Å². The highest BCUT2D eigenvalue weighted by Gasteiger charge is 2.22. The quantitative estimate of drug-likeness (QED) is 0.687. The third kappa shape index (κ3) is 4.51. The van der Waals surface area contributed by atoms with Gasteiger partial charge in [-0.25, -0.2) is 0 Å². The van der Waals surface area contributed by atoms with E-state index in [4.69, 9.17) is 9.47 Å². The van der Waals surface area contributed by atoms with Gasteiger partial charge in [0.15, 0.2) is 17.3 Å². The Morgan fingerprint density at radius 2 is 1.75 bits per heavy atom. The van der Waals surface area contributed by atoms with Gasteiger partial charge in [-0.05, 0) is 51.1 Å². The molecule has 0 radical (unpaired) electrons. The van der Waals surface area contributed by atoms with Crippen molar-refractivity contribution in [1.29, 1.82) is 0 Å². The summed E-state index contributed by atoms with van der Waals surface area (Å²) in [6.07, 6.45) is 0.887. The monoisotopic (exact) mass is 382 g/mol. The molecule has 3 rings (SSSR count). The van der Waals surface area contributed by atoms with Gasteiger partial charge in [-0.3, -0.25) is 9.59 Å². The van der Waals surface area contributed by atoms with E-state index in [1.165, 1.54) is 0 Å². The summed E-state index contributed by atoms with van der Waals surface area (Å²) in [5.41, 5.74) is 1.21. The first-order valence-corrected chi connectivity index (χ1v) is 9.69. The Bertz CT molecular complexity index is 844. The molecule has 0 spiro atoms. The molecule has 1 aliphatic heterocycles. The lowest BCUT2D eigenvalue weighted by Crippen LogP contribution is -2.36. The van der Waals surface area contributed by atoms with E-state index in [-0.39, 0.29) is 17.7 Å². The van der Waals surface area contributed by atoms with Crippen molar-refractivity contribution in [2.45, 2.75) is 26.3 Å². The molecule has 6 nitrogen and oxygen atoms in total. The van der Waals surface area contributed by atoms with Crippen LogP contribution in [0.4, 0.5) is 0 Å². The summed E-state index contributed by atoms with van der Waals surface area (Å²) in [5, 5.41) is 6.22. The molecule has 28 heavy (non-hydrogen) atoms. The molecule has 1 amide bonds. The molecule has 2 aromatic rings. The van der Waals surface area contributed by atoms with Crippen LogP contribution in [0.2, 0.25) is 0 Å². The summed E-state index contributed by atoms with van der Waals surface area (Å²) >= 11 is 0. The van der Waals surface area contributed by atoms with Crippen molar-refractivity contribution >= 4 is 11.7 Å². The normalized spacial score (nSPS) is 15.9. The van der Waals surface area contributed by atoms with Crippen molar-refractivity contribution < 1.29 is 19.1 Å². The summed E-state index contributed by atoms with van der Waals surface area (Å²) in [5.74, 6) is 0.669. The minimum Gasteiger partial charge on any atom is -0.490 e. The molecule has 0 bridgehead atoms. The molecule has 6 heteroatoms. The van der Waals surface area contributed by atoms with E-state index in [1.807, 2.05) is 13.8 Å². The zero-order valence-corrected chi connectivity index (χ0v) is 16.3. The predicted octanol–water partition coefficient (Wildman–Crippen LogP) is 2.81. The van der Waals surface area contributed by atoms with Crippen LogP contribution in [0.25, 0.3) is 0 Å². The number of amides is 1. The van der Waals surface area contributed by atoms with Crippen LogP contribution in [0.1, 0.15) is 46.5 Å². The summed E-state index contributed by atoms with van der Waals surface area (Å²) in [6, 6.07) is 12.1. The van der Waals surface area contributed by atoms with Crippen molar-refractivity contribution in [2.24, 2.45) is 0 Å². The Hall–Kier alpha value is -2.86. The number of benzene rings is 2. The molecule has 2 aromatic carbocycles. The van der Waals surface area contributed by atoms with Crippen LogP contribution in [0, 0.1) is 0 Å². The van der Waals surface area contributed by atoms with E-state index in [1.54, 1.807) is 42.5 Å². The fourth-order valence-corrected chi connectivity index (χ4v) is 3.27. The average Bonchev–Trinajstić information content (AvgIpc) is 3.22. The number of ketones is 1. The average molecular weight is 382 g/mol. The van der Waals surface area contributed by atoms with Crippen molar-refractivity contribution in [3.05, 3.63) is 59.2 Å². The smallest absolute Gasteiger partial charge is 0.252 e. The molecule has 1 aliphatic rings. The lowest BCUT2D eigenvalue weighted by Gasteiger charge is -2.15. The van der Waals surface area contributed by atoms with Crippen LogP contribution in [0.3, 0.4) is 0 Å². The molecule has 0 aromatic heterocycles. The number of carbonyl (C=O) groups excluding carboxylic acids is 2. The molecule has 1 unspecified atom stereocenters. The minimum atomic E-state index is -0.228. The Morgan fingerprint density at radius 3 is 2.43 bits per heavy atom. The lowest BCUT2D eigenvalue weighted by atomic mass is 9.97. The summed E-state index contributed by atoms with van der Waals surface area (Å²) in [4.78, 5) is 25.9. The first-order chi connectivity index (χ1) is 13.6. The molecular formula is C22H26N2O4. The van der Waals surface area contributed by atoms with E-state index in [9.17, 15) is 9.59 Å². The summed E-state index contributed by atoms with van der Waals surface area (Å²) in [6.45, 7) is 6.38. The fraction of sp³-hybridized carbons (Fsp3) is 0.364. The van der Waals surface area contributed by atoms with Gasteiger partial charge in [0.25, 0.3) is 5.91 Å². The second kappa shape index (κ2) is 9.37. The Kier molecular flexibility index (Phi) is 6.66. The number of hydrogen-bond acceptors (Lipinski definition) is 5. The largest absolute Gasteiger partial charge is 0.490 e. The highest BCUT2D eigenvalue weighted by atomic mass is 16.5. The van der Waals surface area contributed by atoms with Crippen LogP contribution in [-0.2, 0) is 0 Å². The third-order valence-electron chi connectivity index (χ3n) is 4.62. The molecule has 1 fully saturated rings. The van der Waals surface area contributed by atoms with E-state index in [2.05, 4.69) is 10.6 Å². The molecule has 2 N–H and O–H groups in total. The van der Waals surface area contributed by atoms with E-state index < -0.39 is 0 Å². The van der Waals surface area contributed by atoms with Crippen molar-refractivity contribution in [2.75, 3.05) is 26.3 Å². The first kappa shape index (κ1) is 19.9. The minimum absolute atomic E-state index is 0.0886. The molecule has 1 atom stereocenters. The molecule has 0 aliphatic carbocycles. The second-order valence-electron chi connectivity index (χ2n) is 6.57. The van der Waals surface area contributed by atoms with Crippen LogP contribution in [-0.4, -0.2) is 44.0 Å². The molecule has 1 saturated heterocycles. The van der Waals surface area contributed by atoms with Crippen molar-refractivity contribution in [3.63, 3.8) is 0 Å². The van der Waals surface area contributed by atoms with Crippen LogP contribution < -0.4 is 20.1 Å². The van der Waals surface area contributed by atoms with Crippen molar-refractivity contribution in [3.8, 4) is 11.5 Å². The Balaban J connectivity index is 1.88. The number of rotatable bonds is 8. The first-order valence-electron chi connectivity index (χ1n) is 9.69. The van der Waals surface area contributed by atoms with Gasteiger partial charge in [0.05, 0.1) is 18.8 Å². The highest BCUT2D eigenvalue weighted by molar-refractivity contribution is 6.15. The van der Waals surface area contributed by atoms with Crippen LogP contribution in [0.15, 0.2) is 42.5 Å². The Morgan fingerprint density at radius 1 is 1.04 bits per heavy atom. The zero-order valence-electron chi connectivity index (χ0n) is 16.3. The maximum absolute atomic E-state index is 13.1. The van der Waals surface area contributed by atoms with Crippen LogP contribution in [0.5, 0.6) is 11.5 Å². The van der Waals surface area contributed by atoms with E-state index >= 15 is 0 Å². The van der Waals surface area contributed by atoms with Gasteiger partial charge in [0, 0.05) is 23.7 Å². The second-order valence-corrected chi connectivity index (χ2v) is 6.57. The molecule has 0 saturated carbocycles. The van der Waals surface area contributed by atoms with E-state index in [0.29, 0.717) is 41.4 Å². The summed E-state index contributed by atoms with van der Waals surface area (Å²) < 4.78 is 11.2.